The maximum absolute atomic E-state index is 2.47. The normalized spacial score (nSPS) is 11.5. The highest BCUT2D eigenvalue weighted by Gasteiger charge is 2.41. The van der Waals surface area contributed by atoms with E-state index in [0.29, 0.717) is 4.48 Å². The highest BCUT2D eigenvalue weighted by Crippen LogP contribution is 2.53. The van der Waals surface area contributed by atoms with Gasteiger partial charge in [-0.25, -0.2) is 0 Å². The zero-order valence-corrected chi connectivity index (χ0v) is 23.1. The van der Waals surface area contributed by atoms with Gasteiger partial charge in [-0.2, -0.15) is 4.48 Å². The second-order valence-electron chi connectivity index (χ2n) is 10.2. The predicted molar refractivity (Wildman–Crippen MR) is 162 cm³/mol. The summed E-state index contributed by atoms with van der Waals surface area (Å²) < 4.78 is 0.606. The van der Waals surface area contributed by atoms with Crippen molar-refractivity contribution in [1.82, 2.24) is 4.48 Å². The number of benzene rings is 4. The van der Waals surface area contributed by atoms with Gasteiger partial charge in [-0.3, -0.25) is 0 Å². The molecule has 0 atom stereocenters. The van der Waals surface area contributed by atoms with Gasteiger partial charge >= 0.3 is 0 Å². The van der Waals surface area contributed by atoms with Gasteiger partial charge in [-0.15, -0.1) is 0 Å². The van der Waals surface area contributed by atoms with Gasteiger partial charge in [0.1, 0.15) is 17.1 Å². The standard InChI is InChI=1S/C36H44N/c1-4-7-19-30-28-29-36(35(27-9-6-3)34(30)26-8-5-2)37(31-20-13-10-14-21-31,32-22-15-11-16-23-32)33-24-17-12-18-25-33/h10-18,20-25,28-29H,4-9,19,26-27H2,1-3H3/q+1. The molecule has 4 rings (SSSR count). The molecule has 0 saturated heterocycles. The molecule has 0 saturated carbocycles. The second kappa shape index (κ2) is 13.4. The molecule has 0 unspecified atom stereocenters. The van der Waals surface area contributed by atoms with Crippen molar-refractivity contribution in [3.63, 3.8) is 0 Å². The molecule has 4 aromatic carbocycles. The van der Waals surface area contributed by atoms with Gasteiger partial charge in [-0.1, -0.05) is 101 Å². The molecule has 0 spiro atoms. The van der Waals surface area contributed by atoms with E-state index in [4.69, 9.17) is 0 Å². The Morgan fingerprint density at radius 1 is 0.432 bits per heavy atom. The van der Waals surface area contributed by atoms with Crippen LogP contribution in [0.1, 0.15) is 76.0 Å². The second-order valence-corrected chi connectivity index (χ2v) is 10.2. The Morgan fingerprint density at radius 3 is 1.27 bits per heavy atom. The van der Waals surface area contributed by atoms with Crippen LogP contribution >= 0.6 is 0 Å². The van der Waals surface area contributed by atoms with Crippen LogP contribution in [0.25, 0.3) is 0 Å². The molecule has 0 aliphatic rings. The lowest BCUT2D eigenvalue weighted by Gasteiger charge is -2.39. The Hall–Kier alpha value is -3.16. The smallest absolute Gasteiger partial charge is 0.151 e. The minimum atomic E-state index is 0.606. The molecule has 0 aromatic heterocycles. The van der Waals surface area contributed by atoms with Crippen molar-refractivity contribution < 1.29 is 0 Å². The third-order valence-electron chi connectivity index (χ3n) is 7.66. The molecule has 1 heteroatoms. The van der Waals surface area contributed by atoms with E-state index in [1.54, 1.807) is 16.7 Å². The Morgan fingerprint density at radius 2 is 0.838 bits per heavy atom. The lowest BCUT2D eigenvalue weighted by atomic mass is 9.88. The first-order chi connectivity index (χ1) is 18.3. The number of nitrogens with zero attached hydrogens (tertiary/aromatic N) is 1. The van der Waals surface area contributed by atoms with Crippen LogP contribution in [0, 0.1) is 0 Å². The number of hydrogen-bond donors (Lipinski definition) is 0. The minimum Gasteiger partial charge on any atom is -0.194 e. The van der Waals surface area contributed by atoms with Crippen LogP contribution in [0.5, 0.6) is 0 Å². The number of rotatable bonds is 13. The molecule has 0 bridgehead atoms. The summed E-state index contributed by atoms with van der Waals surface area (Å²) >= 11 is 0. The number of hydrogen-bond acceptors (Lipinski definition) is 0. The molecule has 0 amide bonds. The van der Waals surface area contributed by atoms with Crippen molar-refractivity contribution >= 4 is 22.7 Å². The summed E-state index contributed by atoms with van der Waals surface area (Å²) in [4.78, 5) is 0. The summed E-state index contributed by atoms with van der Waals surface area (Å²) in [6.07, 6.45) is 10.8. The molecular weight excluding hydrogens is 446 g/mol. The first-order valence-corrected chi connectivity index (χ1v) is 14.5. The molecule has 0 aliphatic heterocycles. The maximum Gasteiger partial charge on any atom is 0.151 e. The van der Waals surface area contributed by atoms with Crippen LogP contribution in [0.3, 0.4) is 0 Å². The van der Waals surface area contributed by atoms with E-state index >= 15 is 0 Å². The maximum atomic E-state index is 2.47. The summed E-state index contributed by atoms with van der Waals surface area (Å²) in [6.45, 7) is 6.94. The average molecular weight is 491 g/mol. The fourth-order valence-electron chi connectivity index (χ4n) is 5.76. The topological polar surface area (TPSA) is 0 Å². The summed E-state index contributed by atoms with van der Waals surface area (Å²) in [5, 5.41) is 0. The number of aryl methyl sites for hydroxylation is 1. The number of para-hydroxylation sites is 3. The third kappa shape index (κ3) is 5.73. The van der Waals surface area contributed by atoms with Crippen LogP contribution in [-0.4, -0.2) is 0 Å². The summed E-state index contributed by atoms with van der Waals surface area (Å²) in [5.41, 5.74) is 9.99. The lowest BCUT2D eigenvalue weighted by molar-refractivity contribution is 0.673. The summed E-state index contributed by atoms with van der Waals surface area (Å²) in [7, 11) is 0. The van der Waals surface area contributed by atoms with Crippen LogP contribution < -0.4 is 4.48 Å². The van der Waals surface area contributed by atoms with E-state index in [2.05, 4.69) is 124 Å². The predicted octanol–water partition coefficient (Wildman–Crippen LogP) is 11.0. The average Bonchev–Trinajstić information content (AvgIpc) is 2.96. The van der Waals surface area contributed by atoms with Crippen molar-refractivity contribution in [3.8, 4) is 0 Å². The Bertz CT molecular complexity index is 1120. The zero-order valence-electron chi connectivity index (χ0n) is 23.1. The first kappa shape index (κ1) is 26.9. The Kier molecular flexibility index (Phi) is 9.74. The fourth-order valence-corrected chi connectivity index (χ4v) is 5.76. The molecule has 37 heavy (non-hydrogen) atoms. The summed E-state index contributed by atoms with van der Waals surface area (Å²) in [5.74, 6) is 0. The quantitative estimate of drug-likeness (QED) is 0.163. The van der Waals surface area contributed by atoms with Crippen molar-refractivity contribution in [1.29, 1.82) is 0 Å². The molecule has 0 fully saturated rings. The monoisotopic (exact) mass is 490 g/mol. The van der Waals surface area contributed by atoms with Gasteiger partial charge in [0, 0.05) is 48.0 Å². The van der Waals surface area contributed by atoms with Gasteiger partial charge in [0.2, 0.25) is 0 Å². The molecule has 4 aromatic rings. The molecule has 0 radical (unpaired) electrons. The highest BCUT2D eigenvalue weighted by molar-refractivity contribution is 5.83. The summed E-state index contributed by atoms with van der Waals surface area (Å²) in [6, 6.07) is 38.3. The van der Waals surface area contributed by atoms with Gasteiger partial charge in [-0.05, 0) is 49.7 Å². The SMILES string of the molecule is CCCCc1ccc([N+](c2ccccc2)(c2ccccc2)c2ccccc2)c(CCCC)c1CCCC. The zero-order chi connectivity index (χ0) is 25.9. The van der Waals surface area contributed by atoms with E-state index in [1.807, 2.05) is 0 Å². The van der Waals surface area contributed by atoms with Crippen LogP contribution in [0.2, 0.25) is 0 Å². The third-order valence-corrected chi connectivity index (χ3v) is 7.66. The molecular formula is C36H44N+. The van der Waals surface area contributed by atoms with Gasteiger partial charge < -0.3 is 0 Å². The Balaban J connectivity index is 2.12. The molecule has 1 nitrogen and oxygen atoms in total. The van der Waals surface area contributed by atoms with Crippen molar-refractivity contribution in [2.24, 2.45) is 0 Å². The van der Waals surface area contributed by atoms with E-state index in [1.165, 1.54) is 74.1 Å². The number of quaternary nitrogens is 1. The van der Waals surface area contributed by atoms with Crippen LogP contribution in [-0.2, 0) is 19.3 Å². The van der Waals surface area contributed by atoms with Gasteiger partial charge in [0.05, 0.1) is 0 Å². The van der Waals surface area contributed by atoms with Gasteiger partial charge in [0.15, 0.2) is 5.69 Å². The van der Waals surface area contributed by atoms with Gasteiger partial charge in [0.25, 0.3) is 0 Å². The van der Waals surface area contributed by atoms with Crippen molar-refractivity contribution in [2.45, 2.75) is 78.6 Å². The minimum absolute atomic E-state index is 0.606. The first-order valence-electron chi connectivity index (χ1n) is 14.5. The van der Waals surface area contributed by atoms with E-state index < -0.39 is 0 Å². The van der Waals surface area contributed by atoms with Crippen molar-refractivity contribution in [2.75, 3.05) is 0 Å². The largest absolute Gasteiger partial charge is 0.194 e. The van der Waals surface area contributed by atoms with Crippen LogP contribution in [0.15, 0.2) is 103 Å². The molecule has 0 aliphatic carbocycles. The van der Waals surface area contributed by atoms with E-state index in [-0.39, 0.29) is 0 Å². The van der Waals surface area contributed by atoms with E-state index in [9.17, 15) is 0 Å². The fraction of sp³-hybridized carbons (Fsp3) is 0.333. The number of unbranched alkanes of at least 4 members (excludes halogenated alkanes) is 3. The Labute approximate surface area is 225 Å². The van der Waals surface area contributed by atoms with Crippen LogP contribution in [0.4, 0.5) is 22.7 Å². The molecule has 0 heterocycles. The highest BCUT2D eigenvalue weighted by atomic mass is 15.4. The van der Waals surface area contributed by atoms with Crippen molar-refractivity contribution in [3.05, 3.63) is 120 Å². The molecule has 192 valence electrons. The lowest BCUT2D eigenvalue weighted by Crippen LogP contribution is -2.34. The van der Waals surface area contributed by atoms with E-state index in [0.717, 1.165) is 6.42 Å². The molecule has 0 N–H and O–H groups in total.